The fourth-order valence-corrected chi connectivity index (χ4v) is 2.66. The SMILES string of the molecule is NC(=O)C(Nc1ccccc1Br)c1ccc(Cl)c(Br)c1. The molecule has 2 rings (SSSR count). The first-order chi connectivity index (χ1) is 9.49. The Hall–Kier alpha value is -1.04. The minimum Gasteiger partial charge on any atom is -0.369 e. The van der Waals surface area contributed by atoms with E-state index in [1.165, 1.54) is 0 Å². The van der Waals surface area contributed by atoms with Crippen molar-refractivity contribution < 1.29 is 4.79 Å². The van der Waals surface area contributed by atoms with Gasteiger partial charge in [0.15, 0.2) is 0 Å². The minimum atomic E-state index is -0.637. The van der Waals surface area contributed by atoms with Gasteiger partial charge in [-0.1, -0.05) is 29.8 Å². The zero-order chi connectivity index (χ0) is 14.7. The fourth-order valence-electron chi connectivity index (χ4n) is 1.74. The van der Waals surface area contributed by atoms with E-state index in [2.05, 4.69) is 37.2 Å². The number of rotatable bonds is 4. The van der Waals surface area contributed by atoms with Gasteiger partial charge in [0, 0.05) is 14.6 Å². The average molecular weight is 419 g/mol. The zero-order valence-corrected chi connectivity index (χ0v) is 14.2. The smallest absolute Gasteiger partial charge is 0.244 e. The van der Waals surface area contributed by atoms with Crippen LogP contribution < -0.4 is 11.1 Å². The molecule has 104 valence electrons. The molecule has 3 N–H and O–H groups in total. The van der Waals surface area contributed by atoms with Crippen molar-refractivity contribution in [3.8, 4) is 0 Å². The second kappa shape index (κ2) is 6.61. The zero-order valence-electron chi connectivity index (χ0n) is 10.2. The van der Waals surface area contributed by atoms with Gasteiger partial charge in [-0.15, -0.1) is 0 Å². The van der Waals surface area contributed by atoms with Crippen LogP contribution >= 0.6 is 43.5 Å². The molecule has 0 bridgehead atoms. The van der Waals surface area contributed by atoms with Crippen LogP contribution in [0.5, 0.6) is 0 Å². The van der Waals surface area contributed by atoms with Crippen molar-refractivity contribution >= 4 is 55.1 Å². The molecule has 1 amide bonds. The second-order valence-electron chi connectivity index (χ2n) is 4.13. The van der Waals surface area contributed by atoms with Crippen LogP contribution in [0.2, 0.25) is 5.02 Å². The summed E-state index contributed by atoms with van der Waals surface area (Å²) in [6.45, 7) is 0. The lowest BCUT2D eigenvalue weighted by atomic mass is 10.1. The van der Waals surface area contributed by atoms with Gasteiger partial charge >= 0.3 is 0 Å². The third-order valence-corrected chi connectivity index (χ3v) is 4.64. The summed E-state index contributed by atoms with van der Waals surface area (Å²) in [6, 6.07) is 12.2. The quantitative estimate of drug-likeness (QED) is 0.768. The molecule has 0 aliphatic heterocycles. The molecule has 2 aromatic rings. The summed E-state index contributed by atoms with van der Waals surface area (Å²) >= 11 is 12.7. The van der Waals surface area contributed by atoms with Crippen molar-refractivity contribution in [2.75, 3.05) is 5.32 Å². The predicted molar refractivity (Wildman–Crippen MR) is 88.9 cm³/mol. The highest BCUT2D eigenvalue weighted by Gasteiger charge is 2.19. The first-order valence-corrected chi connectivity index (χ1v) is 7.71. The largest absolute Gasteiger partial charge is 0.369 e. The normalized spacial score (nSPS) is 11.9. The van der Waals surface area contributed by atoms with Crippen LogP contribution in [0.25, 0.3) is 0 Å². The number of hydrogen-bond acceptors (Lipinski definition) is 2. The second-order valence-corrected chi connectivity index (χ2v) is 6.25. The van der Waals surface area contributed by atoms with Gasteiger partial charge in [0.05, 0.1) is 5.02 Å². The van der Waals surface area contributed by atoms with Gasteiger partial charge in [-0.25, -0.2) is 0 Å². The summed E-state index contributed by atoms with van der Waals surface area (Å²) in [4.78, 5) is 11.7. The maximum Gasteiger partial charge on any atom is 0.244 e. The van der Waals surface area contributed by atoms with Gasteiger partial charge in [0.2, 0.25) is 5.91 Å². The summed E-state index contributed by atoms with van der Waals surface area (Å²) in [5.41, 5.74) is 7.02. The van der Waals surface area contributed by atoms with E-state index in [9.17, 15) is 4.79 Å². The van der Waals surface area contributed by atoms with Crippen molar-refractivity contribution in [3.05, 3.63) is 62.0 Å². The van der Waals surface area contributed by atoms with Crippen molar-refractivity contribution in [2.45, 2.75) is 6.04 Å². The summed E-state index contributed by atoms with van der Waals surface area (Å²) < 4.78 is 1.58. The number of para-hydroxylation sites is 1. The number of nitrogens with one attached hydrogen (secondary N) is 1. The van der Waals surface area contributed by atoms with E-state index in [-0.39, 0.29) is 0 Å². The van der Waals surface area contributed by atoms with Crippen LogP contribution in [0.15, 0.2) is 51.4 Å². The third kappa shape index (κ3) is 3.53. The molecule has 1 unspecified atom stereocenters. The summed E-state index contributed by atoms with van der Waals surface area (Å²) in [7, 11) is 0. The molecule has 0 aliphatic rings. The van der Waals surface area contributed by atoms with Crippen molar-refractivity contribution in [1.29, 1.82) is 0 Å². The fraction of sp³-hybridized carbons (Fsp3) is 0.0714. The maximum atomic E-state index is 11.7. The molecule has 0 spiro atoms. The van der Waals surface area contributed by atoms with Gasteiger partial charge in [-0.3, -0.25) is 4.79 Å². The summed E-state index contributed by atoms with van der Waals surface area (Å²) in [6.07, 6.45) is 0. The first-order valence-electron chi connectivity index (χ1n) is 5.74. The van der Waals surface area contributed by atoms with Crippen molar-refractivity contribution in [1.82, 2.24) is 0 Å². The van der Waals surface area contributed by atoms with Gasteiger partial charge < -0.3 is 11.1 Å². The van der Waals surface area contributed by atoms with E-state index in [4.69, 9.17) is 17.3 Å². The number of benzene rings is 2. The highest BCUT2D eigenvalue weighted by molar-refractivity contribution is 9.11. The topological polar surface area (TPSA) is 55.1 Å². The summed E-state index contributed by atoms with van der Waals surface area (Å²) in [5, 5.41) is 3.71. The number of hydrogen-bond donors (Lipinski definition) is 2. The van der Waals surface area contributed by atoms with Gasteiger partial charge in [-0.05, 0) is 61.7 Å². The van der Waals surface area contributed by atoms with Crippen LogP contribution in [0.1, 0.15) is 11.6 Å². The molecular formula is C14H11Br2ClN2O. The number of nitrogens with two attached hydrogens (primary N) is 1. The number of carbonyl (C=O) groups excluding carboxylic acids is 1. The average Bonchev–Trinajstić information content (AvgIpc) is 2.41. The molecule has 0 fully saturated rings. The van der Waals surface area contributed by atoms with E-state index in [0.717, 1.165) is 20.2 Å². The number of amides is 1. The van der Waals surface area contributed by atoms with Crippen LogP contribution in [-0.4, -0.2) is 5.91 Å². The Bertz CT molecular complexity index is 649. The molecule has 3 nitrogen and oxygen atoms in total. The molecule has 0 saturated heterocycles. The van der Waals surface area contributed by atoms with Crippen molar-refractivity contribution in [3.63, 3.8) is 0 Å². The highest BCUT2D eigenvalue weighted by atomic mass is 79.9. The lowest BCUT2D eigenvalue weighted by Crippen LogP contribution is -2.27. The molecule has 0 radical (unpaired) electrons. The van der Waals surface area contributed by atoms with Crippen molar-refractivity contribution in [2.24, 2.45) is 5.73 Å². The van der Waals surface area contributed by atoms with Crippen LogP contribution in [0, 0.1) is 0 Å². The number of halogens is 3. The predicted octanol–water partition coefficient (Wildman–Crippen LogP) is 4.50. The maximum absolute atomic E-state index is 11.7. The van der Waals surface area contributed by atoms with Crippen LogP contribution in [-0.2, 0) is 4.79 Å². The Labute approximate surface area is 138 Å². The lowest BCUT2D eigenvalue weighted by molar-refractivity contribution is -0.118. The number of carbonyl (C=O) groups is 1. The Morgan fingerprint density at radius 2 is 1.85 bits per heavy atom. The molecule has 0 saturated carbocycles. The molecule has 0 aliphatic carbocycles. The van der Waals surface area contributed by atoms with Crippen LogP contribution in [0.3, 0.4) is 0 Å². The molecule has 2 aromatic carbocycles. The van der Waals surface area contributed by atoms with Gasteiger partial charge in [0.1, 0.15) is 6.04 Å². The molecule has 0 aromatic heterocycles. The highest BCUT2D eigenvalue weighted by Crippen LogP contribution is 2.30. The van der Waals surface area contributed by atoms with E-state index in [0.29, 0.717) is 5.02 Å². The molecular weight excluding hydrogens is 407 g/mol. The standard InChI is InChI=1S/C14H11Br2ClN2O/c15-9-3-1-2-4-12(9)19-13(14(18)20)8-5-6-11(17)10(16)7-8/h1-7,13,19H,(H2,18,20). The molecule has 6 heteroatoms. The number of primary amides is 1. The van der Waals surface area contributed by atoms with Gasteiger partial charge in [-0.2, -0.15) is 0 Å². The van der Waals surface area contributed by atoms with Gasteiger partial charge in [0.25, 0.3) is 0 Å². The Kier molecular flexibility index (Phi) is 5.07. The molecule has 0 heterocycles. The first kappa shape index (κ1) is 15.4. The lowest BCUT2D eigenvalue weighted by Gasteiger charge is -2.18. The Morgan fingerprint density at radius 3 is 2.45 bits per heavy atom. The monoisotopic (exact) mass is 416 g/mol. The van der Waals surface area contributed by atoms with Crippen LogP contribution in [0.4, 0.5) is 5.69 Å². The van der Waals surface area contributed by atoms with E-state index >= 15 is 0 Å². The van der Waals surface area contributed by atoms with E-state index in [1.54, 1.807) is 18.2 Å². The van der Waals surface area contributed by atoms with E-state index in [1.807, 2.05) is 24.3 Å². The Morgan fingerprint density at radius 1 is 1.15 bits per heavy atom. The Balaban J connectivity index is 2.34. The number of anilines is 1. The molecule has 1 atom stereocenters. The third-order valence-electron chi connectivity index (χ3n) is 2.74. The van der Waals surface area contributed by atoms with E-state index < -0.39 is 11.9 Å². The minimum absolute atomic E-state index is 0.463. The summed E-state index contributed by atoms with van der Waals surface area (Å²) in [5.74, 6) is -0.463. The molecule has 20 heavy (non-hydrogen) atoms.